The molecule has 0 aliphatic rings. The van der Waals surface area contributed by atoms with Gasteiger partial charge in [-0.1, -0.05) is 65.8 Å². The van der Waals surface area contributed by atoms with E-state index in [4.69, 9.17) is 0 Å². The van der Waals surface area contributed by atoms with Crippen molar-refractivity contribution in [3.05, 3.63) is 73.0 Å². The molecule has 0 saturated carbocycles. The lowest BCUT2D eigenvalue weighted by Crippen LogP contribution is -2.12. The van der Waals surface area contributed by atoms with Crippen molar-refractivity contribution >= 4 is 10.0 Å². The number of rotatable bonds is 2. The predicted octanol–water partition coefficient (Wildman–Crippen LogP) is 2.68. The van der Waals surface area contributed by atoms with E-state index in [1.54, 1.807) is 0 Å². The Hall–Kier alpha value is -2.44. The molecule has 1 aromatic heterocycles. The highest BCUT2D eigenvalue weighted by atomic mass is 32.2. The average molecular weight is 302 g/mol. The van der Waals surface area contributed by atoms with Crippen LogP contribution >= 0.6 is 0 Å². The Bertz CT molecular complexity index is 718. The van der Waals surface area contributed by atoms with Crippen molar-refractivity contribution in [2.45, 2.75) is 5.03 Å². The van der Waals surface area contributed by atoms with Gasteiger partial charge in [0, 0.05) is 6.07 Å². The second kappa shape index (κ2) is 6.83. The van der Waals surface area contributed by atoms with Gasteiger partial charge in [0.1, 0.15) is 6.26 Å². The van der Waals surface area contributed by atoms with E-state index in [9.17, 15) is 8.42 Å². The number of sulfonamides is 1. The number of aromatic nitrogens is 1. The van der Waals surface area contributed by atoms with Crippen LogP contribution in [0.1, 0.15) is 0 Å². The molecule has 108 valence electrons. The van der Waals surface area contributed by atoms with Gasteiger partial charge in [-0.05, 0) is 11.1 Å². The highest BCUT2D eigenvalue weighted by molar-refractivity contribution is 7.89. The second-order valence-electron chi connectivity index (χ2n) is 4.11. The first-order chi connectivity index (χ1) is 10.1. The molecule has 0 aliphatic carbocycles. The molecule has 0 radical (unpaired) electrons. The summed E-state index contributed by atoms with van der Waals surface area (Å²) < 4.78 is 24.9. The fourth-order valence-corrected chi connectivity index (χ4v) is 2.00. The van der Waals surface area contributed by atoms with Crippen molar-refractivity contribution in [2.75, 3.05) is 0 Å². The van der Waals surface area contributed by atoms with Gasteiger partial charge in [0.25, 0.3) is 10.0 Å². The smallest absolute Gasteiger partial charge is 0.259 e. The second-order valence-corrected chi connectivity index (χ2v) is 5.62. The SMILES string of the molecule is NS(=O)(=O)c1ccon1.c1ccc(-c2ccccc2)cc1. The zero-order valence-corrected chi connectivity index (χ0v) is 11.9. The Morgan fingerprint density at radius 3 is 1.57 bits per heavy atom. The summed E-state index contributed by atoms with van der Waals surface area (Å²) >= 11 is 0. The van der Waals surface area contributed by atoms with Crippen molar-refractivity contribution in [3.8, 4) is 11.1 Å². The summed E-state index contributed by atoms with van der Waals surface area (Å²) in [6.07, 6.45) is 1.14. The van der Waals surface area contributed by atoms with Gasteiger partial charge in [-0.3, -0.25) is 0 Å². The summed E-state index contributed by atoms with van der Waals surface area (Å²) in [7, 11) is -3.66. The summed E-state index contributed by atoms with van der Waals surface area (Å²) in [6.45, 7) is 0. The minimum atomic E-state index is -3.66. The molecule has 2 aromatic carbocycles. The quantitative estimate of drug-likeness (QED) is 0.788. The molecule has 3 aromatic rings. The van der Waals surface area contributed by atoms with E-state index < -0.39 is 10.0 Å². The first-order valence-corrected chi connectivity index (χ1v) is 7.65. The lowest BCUT2D eigenvalue weighted by molar-refractivity contribution is 0.400. The summed E-state index contributed by atoms with van der Waals surface area (Å²) in [4.78, 5) is 0. The Labute approximate surface area is 123 Å². The molecule has 1 heterocycles. The van der Waals surface area contributed by atoms with E-state index in [2.05, 4.69) is 63.3 Å². The molecule has 21 heavy (non-hydrogen) atoms. The Morgan fingerprint density at radius 2 is 1.29 bits per heavy atom. The lowest BCUT2D eigenvalue weighted by Gasteiger charge is -1.98. The van der Waals surface area contributed by atoms with Gasteiger partial charge in [-0.25, -0.2) is 13.6 Å². The van der Waals surface area contributed by atoms with Gasteiger partial charge >= 0.3 is 0 Å². The molecule has 0 spiro atoms. The molecule has 0 saturated heterocycles. The van der Waals surface area contributed by atoms with E-state index in [1.807, 2.05) is 12.1 Å². The standard InChI is InChI=1S/C12H10.C3H4N2O3S/c1-3-7-11(8-4-1)12-9-5-2-6-10-12;4-9(6,7)3-1-2-8-5-3/h1-10H;1-2H,(H2,4,6,7). The maximum atomic E-state index is 10.3. The molecule has 5 nitrogen and oxygen atoms in total. The van der Waals surface area contributed by atoms with Crippen molar-refractivity contribution in [2.24, 2.45) is 5.14 Å². The minimum absolute atomic E-state index is 0.248. The van der Waals surface area contributed by atoms with Crippen LogP contribution in [0.25, 0.3) is 11.1 Å². The normalized spacial score (nSPS) is 10.5. The summed E-state index contributed by atoms with van der Waals surface area (Å²) in [5.41, 5.74) is 2.55. The van der Waals surface area contributed by atoms with E-state index in [1.165, 1.54) is 17.2 Å². The van der Waals surface area contributed by atoms with Gasteiger partial charge in [-0.2, -0.15) is 0 Å². The number of hydrogen-bond donors (Lipinski definition) is 1. The molecule has 0 amide bonds. The Morgan fingerprint density at radius 1 is 0.810 bits per heavy atom. The maximum absolute atomic E-state index is 10.3. The van der Waals surface area contributed by atoms with Crippen molar-refractivity contribution in [1.29, 1.82) is 0 Å². The monoisotopic (exact) mass is 302 g/mol. The maximum Gasteiger partial charge on any atom is 0.259 e. The molecule has 2 N–H and O–H groups in total. The van der Waals surface area contributed by atoms with Crippen LogP contribution in [0.3, 0.4) is 0 Å². The highest BCUT2D eigenvalue weighted by Gasteiger charge is 2.09. The Balaban J connectivity index is 0.000000161. The molecule has 0 fully saturated rings. The fourth-order valence-electron chi connectivity index (χ4n) is 1.61. The zero-order chi connectivity index (χ0) is 15.1. The van der Waals surface area contributed by atoms with Crippen molar-refractivity contribution in [3.63, 3.8) is 0 Å². The first-order valence-electron chi connectivity index (χ1n) is 6.11. The summed E-state index contributed by atoms with van der Waals surface area (Å²) in [5, 5.41) is 7.50. The zero-order valence-electron chi connectivity index (χ0n) is 11.1. The Kier molecular flexibility index (Phi) is 4.86. The third-order valence-corrected chi connectivity index (χ3v) is 3.38. The van der Waals surface area contributed by atoms with Crippen molar-refractivity contribution in [1.82, 2.24) is 5.16 Å². The van der Waals surface area contributed by atoms with Crippen LogP contribution in [0, 0.1) is 0 Å². The number of nitrogens with two attached hydrogens (primary N) is 1. The predicted molar refractivity (Wildman–Crippen MR) is 79.8 cm³/mol. The third-order valence-electron chi connectivity index (χ3n) is 2.59. The molecule has 0 aliphatic heterocycles. The largest absolute Gasteiger partial charge is 0.363 e. The molecule has 0 unspecified atom stereocenters. The van der Waals surface area contributed by atoms with Crippen LogP contribution in [-0.2, 0) is 10.0 Å². The van der Waals surface area contributed by atoms with Crippen molar-refractivity contribution < 1.29 is 12.9 Å². The van der Waals surface area contributed by atoms with Gasteiger partial charge < -0.3 is 4.52 Å². The summed E-state index contributed by atoms with van der Waals surface area (Å²) in [6, 6.07) is 22.0. The van der Waals surface area contributed by atoms with Gasteiger partial charge in [0.15, 0.2) is 0 Å². The van der Waals surface area contributed by atoms with Crippen LogP contribution < -0.4 is 5.14 Å². The van der Waals surface area contributed by atoms with Crippen LogP contribution in [0.4, 0.5) is 0 Å². The third kappa shape index (κ3) is 4.55. The summed E-state index contributed by atoms with van der Waals surface area (Å²) in [5.74, 6) is 0. The van der Waals surface area contributed by atoms with Gasteiger partial charge in [-0.15, -0.1) is 0 Å². The molecule has 0 atom stereocenters. The molecule has 3 rings (SSSR count). The van der Waals surface area contributed by atoms with E-state index >= 15 is 0 Å². The topological polar surface area (TPSA) is 86.2 Å². The first kappa shape index (κ1) is 15.0. The molecular formula is C15H14N2O3S. The fraction of sp³-hybridized carbons (Fsp3) is 0. The lowest BCUT2D eigenvalue weighted by atomic mass is 10.1. The molecule has 6 heteroatoms. The van der Waals surface area contributed by atoms with E-state index in [0.717, 1.165) is 6.26 Å². The van der Waals surface area contributed by atoms with E-state index in [-0.39, 0.29) is 5.03 Å². The van der Waals surface area contributed by atoms with Crippen LogP contribution in [-0.4, -0.2) is 13.6 Å². The molecular weight excluding hydrogens is 288 g/mol. The molecule has 0 bridgehead atoms. The average Bonchev–Trinajstić information content (AvgIpc) is 3.04. The van der Waals surface area contributed by atoms with Crippen LogP contribution in [0.5, 0.6) is 0 Å². The number of nitrogens with zero attached hydrogens (tertiary/aromatic N) is 1. The van der Waals surface area contributed by atoms with E-state index in [0.29, 0.717) is 0 Å². The number of primary sulfonamides is 1. The minimum Gasteiger partial charge on any atom is -0.363 e. The van der Waals surface area contributed by atoms with Crippen LogP contribution in [0.15, 0.2) is 82.5 Å². The highest BCUT2D eigenvalue weighted by Crippen LogP contribution is 2.17. The van der Waals surface area contributed by atoms with Crippen LogP contribution in [0.2, 0.25) is 0 Å². The number of hydrogen-bond acceptors (Lipinski definition) is 4. The van der Waals surface area contributed by atoms with Gasteiger partial charge in [0.05, 0.1) is 0 Å². The number of benzene rings is 2. The van der Waals surface area contributed by atoms with Gasteiger partial charge in [0.2, 0.25) is 5.03 Å².